The average Bonchev–Trinajstić information content (AvgIpc) is 2.50. The second kappa shape index (κ2) is 6.24. The van der Waals surface area contributed by atoms with E-state index in [0.717, 1.165) is 0 Å². The smallest absolute Gasteiger partial charge is 0.261 e. The maximum atomic E-state index is 12.4. The molecule has 0 saturated carbocycles. The summed E-state index contributed by atoms with van der Waals surface area (Å²) in [6.07, 6.45) is 0. The lowest BCUT2D eigenvalue weighted by Gasteiger charge is -2.08. The normalized spacial score (nSPS) is 10.7. The first-order chi connectivity index (χ1) is 10.9. The van der Waals surface area contributed by atoms with Crippen LogP contribution in [0.3, 0.4) is 0 Å². The molecule has 0 atom stereocenters. The fourth-order valence-electron chi connectivity index (χ4n) is 2.06. The molecule has 0 fully saturated rings. The Balaban J connectivity index is 2.02. The van der Waals surface area contributed by atoms with Crippen molar-refractivity contribution in [2.24, 2.45) is 0 Å². The van der Waals surface area contributed by atoms with E-state index < -0.39 is 5.91 Å². The fourth-order valence-corrected chi connectivity index (χ4v) is 2.58. The van der Waals surface area contributed by atoms with Crippen LogP contribution in [-0.4, -0.2) is 5.91 Å². The quantitative estimate of drug-likeness (QED) is 0.660. The zero-order chi connectivity index (χ0) is 16.6. The summed E-state index contributed by atoms with van der Waals surface area (Å²) in [7, 11) is 0. The van der Waals surface area contributed by atoms with Gasteiger partial charge in [-0.05, 0) is 42.5 Å². The van der Waals surface area contributed by atoms with Crippen molar-refractivity contribution in [3.63, 3.8) is 0 Å². The summed E-state index contributed by atoms with van der Waals surface area (Å²) in [4.78, 5) is 12.4. The fraction of sp³-hybridized carbons (Fsp3) is 0. The van der Waals surface area contributed by atoms with Crippen LogP contribution in [0, 0.1) is 5.41 Å². The average molecular weight is 368 g/mol. The molecule has 0 aliphatic carbocycles. The molecule has 3 aromatic rings. The molecule has 0 saturated heterocycles. The number of rotatable bonds is 2. The van der Waals surface area contributed by atoms with Gasteiger partial charge in [-0.3, -0.25) is 10.2 Å². The van der Waals surface area contributed by atoms with Crippen molar-refractivity contribution >= 4 is 57.4 Å². The lowest BCUT2D eigenvalue weighted by molar-refractivity contribution is 0.102. The van der Waals surface area contributed by atoms with Gasteiger partial charge in [0, 0.05) is 15.4 Å². The van der Waals surface area contributed by atoms with Crippen molar-refractivity contribution in [3.8, 4) is 0 Å². The number of fused-ring (bicyclic) bond motifs is 1. The Morgan fingerprint density at radius 3 is 2.48 bits per heavy atom. The topological polar surface area (TPSA) is 66.1 Å². The molecule has 2 N–H and O–H groups in total. The van der Waals surface area contributed by atoms with Gasteiger partial charge in [-0.2, -0.15) is 0 Å². The highest BCUT2D eigenvalue weighted by Gasteiger charge is 2.14. The van der Waals surface area contributed by atoms with Gasteiger partial charge in [0.15, 0.2) is 0 Å². The second-order valence-electron chi connectivity index (χ2n) is 4.75. The maximum absolute atomic E-state index is 12.4. The van der Waals surface area contributed by atoms with Crippen LogP contribution in [0.2, 0.25) is 15.1 Å². The van der Waals surface area contributed by atoms with Gasteiger partial charge in [-0.1, -0.05) is 34.8 Å². The molecule has 1 aromatic heterocycles. The molecular weight excluding hydrogens is 359 g/mol. The van der Waals surface area contributed by atoms with Gasteiger partial charge in [-0.15, -0.1) is 0 Å². The van der Waals surface area contributed by atoms with Crippen molar-refractivity contribution in [2.45, 2.75) is 0 Å². The Labute approximate surface area is 146 Å². The highest BCUT2D eigenvalue weighted by Crippen LogP contribution is 2.26. The maximum Gasteiger partial charge on any atom is 0.261 e. The summed E-state index contributed by atoms with van der Waals surface area (Å²) in [5, 5.41) is 12.4. The molecule has 2 aromatic carbocycles. The highest BCUT2D eigenvalue weighted by atomic mass is 35.5. The van der Waals surface area contributed by atoms with E-state index in [0.29, 0.717) is 31.7 Å². The SMILES string of the molecule is N=c1oc2ccc(Cl)cc2cc1C(=O)Nc1cc(Cl)ccc1Cl. The first-order valence-electron chi connectivity index (χ1n) is 6.48. The van der Waals surface area contributed by atoms with Gasteiger partial charge in [0.1, 0.15) is 11.1 Å². The van der Waals surface area contributed by atoms with E-state index in [1.54, 1.807) is 36.4 Å². The number of carbonyl (C=O) groups is 1. The third-order valence-electron chi connectivity index (χ3n) is 3.15. The van der Waals surface area contributed by atoms with E-state index in [1.807, 2.05) is 0 Å². The third-order valence-corrected chi connectivity index (χ3v) is 3.95. The van der Waals surface area contributed by atoms with Gasteiger partial charge < -0.3 is 9.73 Å². The van der Waals surface area contributed by atoms with Crippen LogP contribution in [-0.2, 0) is 0 Å². The number of hydrogen-bond acceptors (Lipinski definition) is 3. The Morgan fingerprint density at radius 2 is 1.70 bits per heavy atom. The van der Waals surface area contributed by atoms with Gasteiger partial charge in [-0.25, -0.2) is 0 Å². The molecule has 1 heterocycles. The van der Waals surface area contributed by atoms with E-state index in [-0.39, 0.29) is 11.1 Å². The predicted molar refractivity (Wildman–Crippen MR) is 91.5 cm³/mol. The number of nitrogens with one attached hydrogen (secondary N) is 2. The molecule has 116 valence electrons. The molecule has 3 rings (SSSR count). The Hall–Kier alpha value is -2.01. The zero-order valence-corrected chi connectivity index (χ0v) is 13.8. The van der Waals surface area contributed by atoms with E-state index in [4.69, 9.17) is 44.6 Å². The minimum Gasteiger partial charge on any atom is -0.438 e. The van der Waals surface area contributed by atoms with E-state index >= 15 is 0 Å². The summed E-state index contributed by atoms with van der Waals surface area (Å²) in [6, 6.07) is 11.2. The van der Waals surface area contributed by atoms with Gasteiger partial charge in [0.25, 0.3) is 5.91 Å². The molecule has 1 amide bonds. The largest absolute Gasteiger partial charge is 0.438 e. The van der Waals surface area contributed by atoms with E-state index in [2.05, 4.69) is 5.32 Å². The number of benzene rings is 2. The van der Waals surface area contributed by atoms with Crippen molar-refractivity contribution in [1.82, 2.24) is 0 Å². The number of anilines is 1. The van der Waals surface area contributed by atoms with Crippen molar-refractivity contribution in [3.05, 3.63) is 68.6 Å². The van der Waals surface area contributed by atoms with Gasteiger partial charge >= 0.3 is 0 Å². The second-order valence-corrected chi connectivity index (χ2v) is 6.03. The van der Waals surface area contributed by atoms with Crippen LogP contribution in [0.5, 0.6) is 0 Å². The van der Waals surface area contributed by atoms with Gasteiger partial charge in [0.05, 0.1) is 10.7 Å². The lowest BCUT2D eigenvalue weighted by atomic mass is 10.1. The first kappa shape index (κ1) is 15.9. The van der Waals surface area contributed by atoms with Gasteiger partial charge in [0.2, 0.25) is 5.55 Å². The summed E-state index contributed by atoms with van der Waals surface area (Å²) in [5.74, 6) is -0.523. The van der Waals surface area contributed by atoms with Crippen LogP contribution in [0.1, 0.15) is 10.4 Å². The Morgan fingerprint density at radius 1 is 1.00 bits per heavy atom. The predicted octanol–water partition coefficient (Wildman–Crippen LogP) is 5.12. The molecule has 0 unspecified atom stereocenters. The van der Waals surface area contributed by atoms with Crippen molar-refractivity contribution < 1.29 is 9.21 Å². The molecule has 4 nitrogen and oxygen atoms in total. The molecule has 0 aliphatic rings. The zero-order valence-electron chi connectivity index (χ0n) is 11.5. The number of amides is 1. The summed E-state index contributed by atoms with van der Waals surface area (Å²) >= 11 is 17.9. The van der Waals surface area contributed by atoms with Crippen LogP contribution in [0.25, 0.3) is 11.0 Å². The molecule has 0 radical (unpaired) electrons. The standard InChI is InChI=1S/C16H9Cl3N2O2/c17-9-2-4-14-8(5-9)6-11(15(20)23-14)16(22)21-13-7-10(18)1-3-12(13)19/h1-7,20H,(H,21,22). The van der Waals surface area contributed by atoms with Crippen molar-refractivity contribution in [1.29, 1.82) is 5.41 Å². The molecule has 23 heavy (non-hydrogen) atoms. The minimum atomic E-state index is -0.523. The first-order valence-corrected chi connectivity index (χ1v) is 7.62. The monoisotopic (exact) mass is 366 g/mol. The summed E-state index contributed by atoms with van der Waals surface area (Å²) < 4.78 is 5.35. The molecule has 7 heteroatoms. The van der Waals surface area contributed by atoms with Crippen LogP contribution in [0.4, 0.5) is 5.69 Å². The molecule has 0 bridgehead atoms. The van der Waals surface area contributed by atoms with E-state index in [9.17, 15) is 4.79 Å². The van der Waals surface area contributed by atoms with Crippen LogP contribution < -0.4 is 10.9 Å². The highest BCUT2D eigenvalue weighted by molar-refractivity contribution is 6.36. The molecular formula is C16H9Cl3N2O2. The number of carbonyl (C=O) groups excluding carboxylic acids is 1. The Bertz CT molecular complexity index is 983. The van der Waals surface area contributed by atoms with E-state index in [1.165, 1.54) is 6.07 Å². The van der Waals surface area contributed by atoms with Crippen LogP contribution in [0.15, 0.2) is 46.9 Å². The van der Waals surface area contributed by atoms with Crippen LogP contribution >= 0.6 is 34.8 Å². The molecule has 0 aliphatic heterocycles. The number of hydrogen-bond donors (Lipinski definition) is 2. The van der Waals surface area contributed by atoms with Crippen molar-refractivity contribution in [2.75, 3.05) is 5.32 Å². The summed E-state index contributed by atoms with van der Waals surface area (Å²) in [6.45, 7) is 0. The third kappa shape index (κ3) is 3.34. The molecule has 0 spiro atoms. The minimum absolute atomic E-state index is 0.0656. The number of halogens is 3. The summed E-state index contributed by atoms with van der Waals surface area (Å²) in [5.41, 5.74) is 0.637. The lowest BCUT2D eigenvalue weighted by Crippen LogP contribution is -2.21. The Kier molecular flexibility index (Phi) is 4.31.